The van der Waals surface area contributed by atoms with Gasteiger partial charge in [-0.2, -0.15) is 0 Å². The smallest absolute Gasteiger partial charge is 0.113 e. The highest BCUT2D eigenvalue weighted by atomic mass is 16.6. The van der Waals surface area contributed by atoms with Crippen molar-refractivity contribution in [2.75, 3.05) is 0 Å². The minimum absolute atomic E-state index is 0.157. The lowest BCUT2D eigenvalue weighted by atomic mass is 9.78. The molecule has 0 saturated carbocycles. The van der Waals surface area contributed by atoms with Crippen molar-refractivity contribution < 1.29 is 4.74 Å². The quantitative estimate of drug-likeness (QED) is 0.649. The van der Waals surface area contributed by atoms with Crippen LogP contribution in [0, 0.1) is 6.92 Å². The van der Waals surface area contributed by atoms with Gasteiger partial charge in [-0.25, -0.2) is 0 Å². The van der Waals surface area contributed by atoms with Crippen molar-refractivity contribution in [3.8, 4) is 0 Å². The number of benzene rings is 1. The van der Waals surface area contributed by atoms with Crippen molar-refractivity contribution in [2.45, 2.75) is 58.2 Å². The Morgan fingerprint density at radius 3 is 2.81 bits per heavy atom. The zero-order chi connectivity index (χ0) is 11.5. The second-order valence-corrected chi connectivity index (χ2v) is 5.83. The van der Waals surface area contributed by atoms with Gasteiger partial charge in [0.1, 0.15) is 6.10 Å². The van der Waals surface area contributed by atoms with E-state index in [9.17, 15) is 0 Å². The zero-order valence-electron chi connectivity index (χ0n) is 10.6. The van der Waals surface area contributed by atoms with Gasteiger partial charge in [0, 0.05) is 0 Å². The number of aryl methyl sites for hydroxylation is 1. The lowest BCUT2D eigenvalue weighted by molar-refractivity contribution is 0.302. The van der Waals surface area contributed by atoms with Crippen molar-refractivity contribution in [2.24, 2.45) is 0 Å². The molecule has 1 fully saturated rings. The van der Waals surface area contributed by atoms with Gasteiger partial charge in [-0.3, -0.25) is 0 Å². The Balaban J connectivity index is 2.18. The number of ether oxygens (including phenoxy) is 1. The Morgan fingerprint density at radius 2 is 2.12 bits per heavy atom. The second-order valence-electron chi connectivity index (χ2n) is 5.83. The van der Waals surface area contributed by atoms with Crippen LogP contribution in [0.15, 0.2) is 12.1 Å². The van der Waals surface area contributed by atoms with Crippen LogP contribution in [0.5, 0.6) is 0 Å². The average molecular weight is 216 g/mol. The van der Waals surface area contributed by atoms with Crippen LogP contribution in [0.1, 0.15) is 61.5 Å². The zero-order valence-corrected chi connectivity index (χ0v) is 10.6. The highest BCUT2D eigenvalue weighted by Crippen LogP contribution is 2.58. The summed E-state index contributed by atoms with van der Waals surface area (Å²) in [6.45, 7) is 9.04. The molecule has 1 nitrogen and oxygen atoms in total. The van der Waals surface area contributed by atoms with Gasteiger partial charge >= 0.3 is 0 Å². The van der Waals surface area contributed by atoms with E-state index in [1.807, 2.05) is 0 Å². The number of rotatable bonds is 1. The van der Waals surface area contributed by atoms with E-state index < -0.39 is 0 Å². The van der Waals surface area contributed by atoms with Crippen LogP contribution in [-0.2, 0) is 11.2 Å². The van der Waals surface area contributed by atoms with E-state index in [1.165, 1.54) is 29.5 Å². The van der Waals surface area contributed by atoms with E-state index in [0.717, 1.165) is 0 Å². The van der Waals surface area contributed by atoms with Gasteiger partial charge in [-0.05, 0) is 54.9 Å². The molecule has 2 aliphatic rings. The third-order valence-electron chi connectivity index (χ3n) is 4.27. The van der Waals surface area contributed by atoms with Gasteiger partial charge < -0.3 is 4.74 Å². The van der Waals surface area contributed by atoms with Crippen LogP contribution in [0.4, 0.5) is 0 Å². The summed E-state index contributed by atoms with van der Waals surface area (Å²) in [5, 5.41) is 0. The summed E-state index contributed by atoms with van der Waals surface area (Å²) >= 11 is 0. The minimum atomic E-state index is 0.157. The summed E-state index contributed by atoms with van der Waals surface area (Å²) in [7, 11) is 0. The number of hydrogen-bond acceptors (Lipinski definition) is 1. The molecule has 1 aromatic rings. The molecule has 1 aliphatic heterocycles. The molecule has 1 aliphatic carbocycles. The van der Waals surface area contributed by atoms with Crippen LogP contribution in [0.3, 0.4) is 0 Å². The maximum absolute atomic E-state index is 5.94. The molecular formula is C15H20O. The molecule has 1 heterocycles. The first-order valence-corrected chi connectivity index (χ1v) is 6.33. The molecule has 86 valence electrons. The minimum Gasteiger partial charge on any atom is -0.361 e. The standard InChI is InChI=1S/C15H20O/c1-9(2)11-6-5-10(3)12-7-8-15(4)14(16-15)13(11)12/h5-6,9,14H,7-8H2,1-4H3. The fourth-order valence-corrected chi connectivity index (χ4v) is 3.10. The molecule has 2 atom stereocenters. The fraction of sp³-hybridized carbons (Fsp3) is 0.600. The summed E-state index contributed by atoms with van der Waals surface area (Å²) in [5.41, 5.74) is 6.17. The van der Waals surface area contributed by atoms with Crippen LogP contribution in [0.2, 0.25) is 0 Å². The van der Waals surface area contributed by atoms with Crippen molar-refractivity contribution in [3.63, 3.8) is 0 Å². The Labute approximate surface area is 97.8 Å². The molecule has 0 N–H and O–H groups in total. The number of epoxide rings is 1. The van der Waals surface area contributed by atoms with Crippen LogP contribution < -0.4 is 0 Å². The predicted octanol–water partition coefficient (Wildman–Crippen LogP) is 3.89. The van der Waals surface area contributed by atoms with Crippen LogP contribution in [-0.4, -0.2) is 5.60 Å². The fourth-order valence-electron chi connectivity index (χ4n) is 3.10. The lowest BCUT2D eigenvalue weighted by Crippen LogP contribution is -2.17. The highest BCUT2D eigenvalue weighted by molar-refractivity contribution is 5.48. The summed E-state index contributed by atoms with van der Waals surface area (Å²) in [6.07, 6.45) is 2.76. The number of hydrogen-bond donors (Lipinski definition) is 0. The van der Waals surface area contributed by atoms with E-state index in [1.54, 1.807) is 5.56 Å². The molecule has 0 spiro atoms. The maximum Gasteiger partial charge on any atom is 0.113 e. The molecule has 0 radical (unpaired) electrons. The third kappa shape index (κ3) is 1.27. The van der Waals surface area contributed by atoms with Crippen molar-refractivity contribution in [1.82, 2.24) is 0 Å². The van der Waals surface area contributed by atoms with Gasteiger partial charge in [0.05, 0.1) is 5.60 Å². The largest absolute Gasteiger partial charge is 0.361 e. The molecule has 1 heteroatoms. The first-order chi connectivity index (χ1) is 7.53. The Hall–Kier alpha value is -0.820. The second kappa shape index (κ2) is 3.10. The van der Waals surface area contributed by atoms with Gasteiger partial charge in [-0.15, -0.1) is 0 Å². The lowest BCUT2D eigenvalue weighted by Gasteiger charge is -2.23. The monoisotopic (exact) mass is 216 g/mol. The summed E-state index contributed by atoms with van der Waals surface area (Å²) in [4.78, 5) is 0. The Bertz CT molecular complexity index is 447. The molecular weight excluding hydrogens is 196 g/mol. The average Bonchev–Trinajstić information content (AvgIpc) is 2.90. The summed E-state index contributed by atoms with van der Waals surface area (Å²) in [6, 6.07) is 4.57. The maximum atomic E-state index is 5.94. The van der Waals surface area contributed by atoms with Crippen molar-refractivity contribution in [1.29, 1.82) is 0 Å². The topological polar surface area (TPSA) is 12.5 Å². The molecule has 1 saturated heterocycles. The summed E-state index contributed by atoms with van der Waals surface area (Å²) in [5.74, 6) is 0.598. The van der Waals surface area contributed by atoms with E-state index in [4.69, 9.17) is 4.74 Å². The molecule has 1 aromatic carbocycles. The Kier molecular flexibility index (Phi) is 2.00. The van der Waals surface area contributed by atoms with E-state index in [0.29, 0.717) is 12.0 Å². The van der Waals surface area contributed by atoms with Crippen LogP contribution in [0.25, 0.3) is 0 Å². The molecule has 0 amide bonds. The normalized spacial score (nSPS) is 31.2. The van der Waals surface area contributed by atoms with Gasteiger partial charge in [-0.1, -0.05) is 26.0 Å². The van der Waals surface area contributed by atoms with Crippen molar-refractivity contribution in [3.05, 3.63) is 34.4 Å². The number of fused-ring (bicyclic) bond motifs is 3. The summed E-state index contributed by atoms with van der Waals surface area (Å²) < 4.78 is 5.94. The van der Waals surface area contributed by atoms with Crippen molar-refractivity contribution >= 4 is 0 Å². The first-order valence-electron chi connectivity index (χ1n) is 6.33. The van der Waals surface area contributed by atoms with E-state index >= 15 is 0 Å². The first kappa shape index (κ1) is 10.3. The van der Waals surface area contributed by atoms with Gasteiger partial charge in [0.15, 0.2) is 0 Å². The molecule has 3 rings (SSSR count). The van der Waals surface area contributed by atoms with E-state index in [2.05, 4.69) is 39.8 Å². The molecule has 0 aromatic heterocycles. The van der Waals surface area contributed by atoms with Gasteiger partial charge in [0.2, 0.25) is 0 Å². The van der Waals surface area contributed by atoms with Crippen LogP contribution >= 0.6 is 0 Å². The Morgan fingerprint density at radius 1 is 1.38 bits per heavy atom. The highest BCUT2D eigenvalue weighted by Gasteiger charge is 2.56. The van der Waals surface area contributed by atoms with Gasteiger partial charge in [0.25, 0.3) is 0 Å². The third-order valence-corrected chi connectivity index (χ3v) is 4.27. The molecule has 2 unspecified atom stereocenters. The van der Waals surface area contributed by atoms with E-state index in [-0.39, 0.29) is 5.60 Å². The molecule has 16 heavy (non-hydrogen) atoms. The SMILES string of the molecule is Cc1ccc(C(C)C)c2c1CCC1(C)OC21. The predicted molar refractivity (Wildman–Crippen MR) is 65.8 cm³/mol. The molecule has 0 bridgehead atoms.